The first kappa shape index (κ1) is 11.8. The maximum Gasteiger partial charge on any atom is 0.411 e. The van der Waals surface area contributed by atoms with Crippen molar-refractivity contribution in [3.8, 4) is 0 Å². The molecule has 3 rings (SSSR count). The first-order valence-corrected chi connectivity index (χ1v) is 6.05. The molecule has 8 heteroatoms. The van der Waals surface area contributed by atoms with Gasteiger partial charge in [0.05, 0.1) is 0 Å². The van der Waals surface area contributed by atoms with Crippen molar-refractivity contribution in [1.29, 1.82) is 0 Å². The molecule has 0 atom stereocenters. The maximum atomic E-state index is 12.9. The number of anilines is 1. The van der Waals surface area contributed by atoms with Crippen LogP contribution in [0.5, 0.6) is 0 Å². The molecule has 0 radical (unpaired) electrons. The first-order chi connectivity index (χ1) is 8.41. The lowest BCUT2D eigenvalue weighted by Gasteiger charge is -2.21. The normalized spacial score (nSPS) is 18.0. The Morgan fingerprint density at radius 3 is 2.72 bits per heavy atom. The largest absolute Gasteiger partial charge is 0.411 e. The van der Waals surface area contributed by atoms with Gasteiger partial charge in [0.25, 0.3) is 0 Å². The van der Waals surface area contributed by atoms with E-state index in [1.807, 2.05) is 0 Å². The maximum absolute atomic E-state index is 12.9. The molecule has 2 aromatic heterocycles. The highest BCUT2D eigenvalue weighted by atomic mass is 79.9. The molecular formula is C10H8BrF3N4. The third kappa shape index (κ3) is 1.75. The molecule has 18 heavy (non-hydrogen) atoms. The van der Waals surface area contributed by atoms with Crippen molar-refractivity contribution >= 4 is 27.4 Å². The molecule has 1 saturated carbocycles. The van der Waals surface area contributed by atoms with Crippen molar-refractivity contribution in [3.05, 3.63) is 23.2 Å². The number of hydrogen-bond acceptors (Lipinski definition) is 3. The molecule has 4 nitrogen and oxygen atoms in total. The van der Waals surface area contributed by atoms with Crippen LogP contribution in [0.2, 0.25) is 0 Å². The van der Waals surface area contributed by atoms with Crippen LogP contribution >= 0.6 is 15.9 Å². The quantitative estimate of drug-likeness (QED) is 0.925. The van der Waals surface area contributed by atoms with Crippen LogP contribution in [-0.2, 0) is 0 Å². The third-order valence-corrected chi connectivity index (χ3v) is 3.38. The van der Waals surface area contributed by atoms with Crippen molar-refractivity contribution in [3.63, 3.8) is 0 Å². The Balaban J connectivity index is 2.03. The summed E-state index contributed by atoms with van der Waals surface area (Å²) in [7, 11) is 0. The van der Waals surface area contributed by atoms with Gasteiger partial charge in [-0.2, -0.15) is 13.2 Å². The van der Waals surface area contributed by atoms with Crippen LogP contribution in [0.4, 0.5) is 19.0 Å². The summed E-state index contributed by atoms with van der Waals surface area (Å²) in [6.45, 7) is 0. The van der Waals surface area contributed by atoms with Crippen molar-refractivity contribution < 1.29 is 13.2 Å². The summed E-state index contributed by atoms with van der Waals surface area (Å²) in [5, 5.41) is 2.49. The lowest BCUT2D eigenvalue weighted by molar-refractivity contribution is -0.151. The second-order valence-corrected chi connectivity index (χ2v) is 5.09. The van der Waals surface area contributed by atoms with Gasteiger partial charge in [0, 0.05) is 18.6 Å². The van der Waals surface area contributed by atoms with E-state index < -0.39 is 11.7 Å². The van der Waals surface area contributed by atoms with Crippen LogP contribution in [0.1, 0.15) is 12.8 Å². The van der Waals surface area contributed by atoms with E-state index >= 15 is 0 Å². The van der Waals surface area contributed by atoms with E-state index in [4.69, 9.17) is 0 Å². The highest BCUT2D eigenvalue weighted by Crippen LogP contribution is 2.51. The molecule has 0 spiro atoms. The molecule has 0 saturated heterocycles. The zero-order valence-electron chi connectivity index (χ0n) is 9.00. The average molecular weight is 321 g/mol. The van der Waals surface area contributed by atoms with Crippen molar-refractivity contribution in [2.24, 2.45) is 0 Å². The van der Waals surface area contributed by atoms with Gasteiger partial charge < -0.3 is 9.72 Å². The molecule has 1 aliphatic carbocycles. The van der Waals surface area contributed by atoms with Crippen LogP contribution in [0.15, 0.2) is 23.2 Å². The highest BCUT2D eigenvalue weighted by Gasteiger charge is 2.64. The van der Waals surface area contributed by atoms with E-state index in [1.54, 1.807) is 16.8 Å². The number of alkyl halides is 3. The van der Waals surface area contributed by atoms with Gasteiger partial charge in [-0.05, 0) is 28.8 Å². The monoisotopic (exact) mass is 320 g/mol. The number of imidazole rings is 1. The standard InChI is InChI=1S/C10H8BrF3N4/c11-6-5-18-4-3-15-8(18)7(16-6)17-9(1-2-9)10(12,13)14/h3-5H,1-2H2,(H,16,17). The average Bonchev–Trinajstić information content (AvgIpc) is 2.88. The van der Waals surface area contributed by atoms with Gasteiger partial charge >= 0.3 is 6.18 Å². The summed E-state index contributed by atoms with van der Waals surface area (Å²) >= 11 is 3.17. The number of aromatic nitrogens is 3. The van der Waals surface area contributed by atoms with E-state index in [9.17, 15) is 13.2 Å². The van der Waals surface area contributed by atoms with E-state index in [0.29, 0.717) is 10.3 Å². The number of nitrogens with zero attached hydrogens (tertiary/aromatic N) is 3. The highest BCUT2D eigenvalue weighted by molar-refractivity contribution is 9.10. The van der Waals surface area contributed by atoms with Gasteiger partial charge in [0.2, 0.25) is 0 Å². The first-order valence-electron chi connectivity index (χ1n) is 5.25. The lowest BCUT2D eigenvalue weighted by atomic mass is 10.2. The Kier molecular flexibility index (Phi) is 2.35. The minimum Gasteiger partial charge on any atom is -0.353 e. The Morgan fingerprint density at radius 1 is 1.39 bits per heavy atom. The summed E-state index contributed by atoms with van der Waals surface area (Å²) in [5.41, 5.74) is -1.46. The lowest BCUT2D eigenvalue weighted by Crippen LogP contribution is -2.39. The fraction of sp³-hybridized carbons (Fsp3) is 0.400. The molecule has 0 aliphatic heterocycles. The zero-order valence-corrected chi connectivity index (χ0v) is 10.6. The van der Waals surface area contributed by atoms with Crippen molar-refractivity contribution in [2.75, 3.05) is 5.32 Å². The van der Waals surface area contributed by atoms with E-state index in [-0.39, 0.29) is 18.7 Å². The van der Waals surface area contributed by atoms with Crippen molar-refractivity contribution in [1.82, 2.24) is 14.4 Å². The van der Waals surface area contributed by atoms with E-state index in [2.05, 4.69) is 31.2 Å². The molecule has 0 aromatic carbocycles. The molecule has 0 unspecified atom stereocenters. The fourth-order valence-electron chi connectivity index (χ4n) is 1.82. The molecule has 1 fully saturated rings. The van der Waals surface area contributed by atoms with Crippen LogP contribution in [0.3, 0.4) is 0 Å². The molecule has 0 bridgehead atoms. The van der Waals surface area contributed by atoms with Crippen LogP contribution in [0, 0.1) is 0 Å². The Morgan fingerprint density at radius 2 is 2.11 bits per heavy atom. The molecular weight excluding hydrogens is 313 g/mol. The number of hydrogen-bond donors (Lipinski definition) is 1. The molecule has 1 N–H and O–H groups in total. The Labute approximate surface area is 108 Å². The summed E-state index contributed by atoms with van der Waals surface area (Å²) in [6.07, 6.45) is 0.665. The molecule has 1 aliphatic rings. The van der Waals surface area contributed by atoms with Crippen LogP contribution in [-0.4, -0.2) is 26.1 Å². The van der Waals surface area contributed by atoms with Crippen molar-refractivity contribution in [2.45, 2.75) is 24.6 Å². The second kappa shape index (κ2) is 3.59. The summed E-state index contributed by atoms with van der Waals surface area (Å²) in [6, 6.07) is 0. The predicted molar refractivity (Wildman–Crippen MR) is 62.3 cm³/mol. The summed E-state index contributed by atoms with van der Waals surface area (Å²) in [4.78, 5) is 8.04. The van der Waals surface area contributed by atoms with Gasteiger partial charge in [-0.1, -0.05) is 0 Å². The third-order valence-electron chi connectivity index (χ3n) is 2.99. The number of fused-ring (bicyclic) bond motifs is 1. The number of rotatable bonds is 2. The molecule has 2 heterocycles. The molecule has 0 amide bonds. The second-order valence-electron chi connectivity index (χ2n) is 4.28. The summed E-state index contributed by atoms with van der Waals surface area (Å²) in [5.74, 6) is 0.143. The van der Waals surface area contributed by atoms with Gasteiger partial charge in [-0.15, -0.1) is 0 Å². The fourth-order valence-corrected chi connectivity index (χ4v) is 2.21. The minimum absolute atomic E-state index is 0.0670. The Hall–Kier alpha value is -1.31. The topological polar surface area (TPSA) is 42.2 Å². The number of halogens is 4. The van der Waals surface area contributed by atoms with E-state index in [0.717, 1.165) is 0 Å². The van der Waals surface area contributed by atoms with Gasteiger partial charge in [-0.25, -0.2) is 9.97 Å². The molecule has 2 aromatic rings. The predicted octanol–water partition coefficient (Wildman–Crippen LogP) is 3.00. The van der Waals surface area contributed by atoms with Gasteiger partial charge in [0.15, 0.2) is 11.5 Å². The van der Waals surface area contributed by atoms with Gasteiger partial charge in [-0.3, -0.25) is 0 Å². The molecule has 96 valence electrons. The van der Waals surface area contributed by atoms with Crippen LogP contribution < -0.4 is 5.32 Å². The SMILES string of the molecule is FC(F)(F)C1(Nc2nc(Br)cn3ccnc23)CC1. The minimum atomic E-state index is -4.28. The number of nitrogens with one attached hydrogen (secondary N) is 1. The summed E-state index contributed by atoms with van der Waals surface area (Å²) < 4.78 is 40.7. The zero-order chi connectivity index (χ0) is 13.0. The Bertz CT molecular complexity index is 603. The van der Waals surface area contributed by atoms with Crippen LogP contribution in [0.25, 0.3) is 5.65 Å². The smallest absolute Gasteiger partial charge is 0.353 e. The van der Waals surface area contributed by atoms with E-state index in [1.165, 1.54) is 6.20 Å². The van der Waals surface area contributed by atoms with Gasteiger partial charge in [0.1, 0.15) is 10.1 Å².